The minimum absolute atomic E-state index is 0.0854. The molecule has 1 atom stereocenters. The van der Waals surface area contributed by atoms with Gasteiger partial charge in [-0.05, 0) is 42.7 Å². The fraction of sp³-hybridized carbons (Fsp3) is 0.263. The number of carboxylic acid groups (broad SMARTS) is 1. The molecule has 0 fully saturated rings. The van der Waals surface area contributed by atoms with Crippen LogP contribution in [-0.4, -0.2) is 28.6 Å². The molecule has 0 bridgehead atoms. The van der Waals surface area contributed by atoms with E-state index in [1.807, 2.05) is 30.3 Å². The van der Waals surface area contributed by atoms with Crippen molar-refractivity contribution in [3.63, 3.8) is 0 Å². The van der Waals surface area contributed by atoms with Crippen molar-refractivity contribution in [2.24, 2.45) is 0 Å². The highest BCUT2D eigenvalue weighted by atomic mass is 35.5. The van der Waals surface area contributed by atoms with Crippen LogP contribution in [0.3, 0.4) is 0 Å². The Morgan fingerprint density at radius 3 is 2.44 bits per heavy atom. The van der Waals surface area contributed by atoms with E-state index in [1.54, 1.807) is 32.0 Å². The molecule has 6 heteroatoms. The number of rotatable bonds is 6. The van der Waals surface area contributed by atoms with Crippen LogP contribution in [-0.2, 0) is 16.1 Å². The molecule has 0 saturated heterocycles. The van der Waals surface area contributed by atoms with Crippen LogP contribution in [0.2, 0.25) is 5.02 Å². The quantitative estimate of drug-likeness (QED) is 0.826. The van der Waals surface area contributed by atoms with E-state index in [1.165, 1.54) is 4.90 Å². The Morgan fingerprint density at radius 2 is 1.88 bits per heavy atom. The molecule has 0 heterocycles. The molecule has 1 amide bonds. The Bertz CT molecular complexity index is 748. The normalized spacial score (nSPS) is 11.6. The number of ether oxygens (including phenoxy) is 1. The number of halogens is 1. The van der Waals surface area contributed by atoms with Crippen molar-refractivity contribution in [3.8, 4) is 0 Å². The SMILES string of the molecule is CCN(C(=O)OCc1ccccc1)C(C(=O)O)c1ccc(Cl)cc1C. The van der Waals surface area contributed by atoms with Gasteiger partial charge in [-0.1, -0.05) is 48.0 Å². The standard InChI is InChI=1S/C19H20ClNO4/c1-3-21(19(24)25-12-14-7-5-4-6-8-14)17(18(22)23)16-10-9-15(20)11-13(16)2/h4-11,17H,3,12H2,1-2H3,(H,22,23). The molecule has 2 aromatic rings. The Morgan fingerprint density at radius 1 is 1.20 bits per heavy atom. The lowest BCUT2D eigenvalue weighted by atomic mass is 10.00. The molecule has 25 heavy (non-hydrogen) atoms. The first-order valence-corrected chi connectivity index (χ1v) is 8.28. The molecule has 0 aromatic heterocycles. The molecule has 1 unspecified atom stereocenters. The Hall–Kier alpha value is -2.53. The van der Waals surface area contributed by atoms with Gasteiger partial charge in [0.05, 0.1) is 0 Å². The zero-order chi connectivity index (χ0) is 18.4. The maximum absolute atomic E-state index is 12.5. The monoisotopic (exact) mass is 361 g/mol. The van der Waals surface area contributed by atoms with E-state index >= 15 is 0 Å². The van der Waals surface area contributed by atoms with E-state index in [-0.39, 0.29) is 13.2 Å². The fourth-order valence-corrected chi connectivity index (χ4v) is 2.83. The molecule has 132 valence electrons. The first-order chi connectivity index (χ1) is 11.9. The smallest absolute Gasteiger partial charge is 0.411 e. The van der Waals surface area contributed by atoms with Crippen molar-refractivity contribution in [2.75, 3.05) is 6.54 Å². The summed E-state index contributed by atoms with van der Waals surface area (Å²) in [7, 11) is 0. The molecule has 2 rings (SSSR count). The van der Waals surface area contributed by atoms with Crippen LogP contribution in [0.1, 0.15) is 29.7 Å². The van der Waals surface area contributed by atoms with Crippen molar-refractivity contribution in [2.45, 2.75) is 26.5 Å². The van der Waals surface area contributed by atoms with Crippen LogP contribution in [0.15, 0.2) is 48.5 Å². The number of hydrogen-bond acceptors (Lipinski definition) is 3. The van der Waals surface area contributed by atoms with Gasteiger partial charge < -0.3 is 9.84 Å². The summed E-state index contributed by atoms with van der Waals surface area (Å²) in [6, 6.07) is 13.0. The zero-order valence-electron chi connectivity index (χ0n) is 14.1. The van der Waals surface area contributed by atoms with Gasteiger partial charge in [-0.15, -0.1) is 0 Å². The van der Waals surface area contributed by atoms with E-state index < -0.39 is 18.1 Å². The molecule has 0 spiro atoms. The highest BCUT2D eigenvalue weighted by molar-refractivity contribution is 6.30. The second kappa shape index (κ2) is 8.53. The first-order valence-electron chi connectivity index (χ1n) is 7.90. The molecular weight excluding hydrogens is 342 g/mol. The van der Waals surface area contributed by atoms with Gasteiger partial charge >= 0.3 is 12.1 Å². The van der Waals surface area contributed by atoms with E-state index in [9.17, 15) is 14.7 Å². The van der Waals surface area contributed by atoms with Gasteiger partial charge in [-0.25, -0.2) is 9.59 Å². The predicted octanol–water partition coefficient (Wildman–Crippen LogP) is 4.43. The Kier molecular flexibility index (Phi) is 6.42. The summed E-state index contributed by atoms with van der Waals surface area (Å²) in [6.07, 6.45) is -0.673. The lowest BCUT2D eigenvalue weighted by molar-refractivity contribution is -0.143. The first kappa shape index (κ1) is 18.8. The van der Waals surface area contributed by atoms with Crippen LogP contribution in [0.25, 0.3) is 0 Å². The summed E-state index contributed by atoms with van der Waals surface area (Å²) in [4.78, 5) is 25.5. The van der Waals surface area contributed by atoms with Crippen molar-refractivity contribution in [1.82, 2.24) is 4.90 Å². The third kappa shape index (κ3) is 4.73. The van der Waals surface area contributed by atoms with Crippen molar-refractivity contribution in [3.05, 3.63) is 70.2 Å². The minimum Gasteiger partial charge on any atom is -0.479 e. The van der Waals surface area contributed by atoms with Gasteiger partial charge in [0.2, 0.25) is 0 Å². The molecule has 0 aliphatic rings. The van der Waals surface area contributed by atoms with E-state index in [0.717, 1.165) is 5.56 Å². The van der Waals surface area contributed by atoms with Crippen molar-refractivity contribution < 1.29 is 19.4 Å². The van der Waals surface area contributed by atoms with E-state index in [0.29, 0.717) is 16.1 Å². The summed E-state index contributed by atoms with van der Waals surface area (Å²) in [5, 5.41) is 10.2. The molecule has 1 N–H and O–H groups in total. The maximum atomic E-state index is 12.5. The highest BCUT2D eigenvalue weighted by Gasteiger charge is 2.32. The van der Waals surface area contributed by atoms with Crippen LogP contribution in [0.5, 0.6) is 0 Å². The molecule has 2 aromatic carbocycles. The minimum atomic E-state index is -1.13. The number of carbonyl (C=O) groups is 2. The maximum Gasteiger partial charge on any atom is 0.411 e. The van der Waals surface area contributed by atoms with E-state index in [2.05, 4.69) is 0 Å². The van der Waals surface area contributed by atoms with Gasteiger partial charge in [0.15, 0.2) is 6.04 Å². The zero-order valence-corrected chi connectivity index (χ0v) is 14.9. The third-order valence-electron chi connectivity index (χ3n) is 3.85. The van der Waals surface area contributed by atoms with E-state index in [4.69, 9.17) is 16.3 Å². The number of nitrogens with zero attached hydrogens (tertiary/aromatic N) is 1. The average molecular weight is 362 g/mol. The fourth-order valence-electron chi connectivity index (χ4n) is 2.60. The predicted molar refractivity (Wildman–Crippen MR) is 95.6 cm³/mol. The van der Waals surface area contributed by atoms with Gasteiger partial charge in [0.25, 0.3) is 0 Å². The molecule has 0 aliphatic carbocycles. The largest absolute Gasteiger partial charge is 0.479 e. The van der Waals surface area contributed by atoms with Gasteiger partial charge in [0.1, 0.15) is 6.61 Å². The lowest BCUT2D eigenvalue weighted by Crippen LogP contribution is -2.39. The van der Waals surface area contributed by atoms with Crippen LogP contribution in [0.4, 0.5) is 4.79 Å². The average Bonchev–Trinajstić information content (AvgIpc) is 2.59. The molecule has 0 radical (unpaired) electrons. The van der Waals surface area contributed by atoms with Gasteiger partial charge in [-0.2, -0.15) is 0 Å². The summed E-state index contributed by atoms with van der Waals surface area (Å²) in [5.74, 6) is -1.12. The molecule has 0 saturated carbocycles. The van der Waals surface area contributed by atoms with Crippen molar-refractivity contribution in [1.29, 1.82) is 0 Å². The topological polar surface area (TPSA) is 66.8 Å². The summed E-state index contributed by atoms with van der Waals surface area (Å²) < 4.78 is 5.29. The number of likely N-dealkylation sites (N-methyl/N-ethyl adjacent to an activating group) is 1. The number of aryl methyl sites for hydroxylation is 1. The van der Waals surface area contributed by atoms with Crippen LogP contribution >= 0.6 is 11.6 Å². The Labute approximate surface area is 151 Å². The number of amides is 1. The van der Waals surface area contributed by atoms with Gasteiger partial charge in [-0.3, -0.25) is 4.90 Å². The van der Waals surface area contributed by atoms with Gasteiger partial charge in [0, 0.05) is 11.6 Å². The number of aliphatic carboxylic acids is 1. The summed E-state index contributed by atoms with van der Waals surface area (Å²) >= 11 is 5.94. The number of carboxylic acids is 1. The number of hydrogen-bond donors (Lipinski definition) is 1. The second-order valence-electron chi connectivity index (χ2n) is 5.57. The Balaban J connectivity index is 2.21. The summed E-state index contributed by atoms with van der Waals surface area (Å²) in [6.45, 7) is 3.76. The number of carbonyl (C=O) groups excluding carboxylic acids is 1. The second-order valence-corrected chi connectivity index (χ2v) is 6.00. The molecule has 0 aliphatic heterocycles. The lowest BCUT2D eigenvalue weighted by Gasteiger charge is -2.28. The molecule has 5 nitrogen and oxygen atoms in total. The third-order valence-corrected chi connectivity index (χ3v) is 4.09. The molecular formula is C19H20ClNO4. The number of benzene rings is 2. The van der Waals surface area contributed by atoms with Crippen LogP contribution < -0.4 is 0 Å². The highest BCUT2D eigenvalue weighted by Crippen LogP contribution is 2.27. The van der Waals surface area contributed by atoms with Crippen LogP contribution in [0, 0.1) is 6.92 Å². The summed E-state index contributed by atoms with van der Waals surface area (Å²) in [5.41, 5.74) is 2.05. The van der Waals surface area contributed by atoms with Crippen molar-refractivity contribution >= 4 is 23.7 Å².